The Morgan fingerprint density at radius 3 is 2.45 bits per heavy atom. The highest BCUT2D eigenvalue weighted by Gasteiger charge is 2.22. The maximum Gasteiger partial charge on any atom is 0.326 e. The van der Waals surface area contributed by atoms with E-state index in [-0.39, 0.29) is 11.8 Å². The molecule has 112 valence electrons. The molecule has 0 spiro atoms. The Labute approximate surface area is 124 Å². The fourth-order valence-electron chi connectivity index (χ4n) is 2.13. The number of hydrogen-bond acceptors (Lipinski definition) is 3. The van der Waals surface area contributed by atoms with Crippen LogP contribution in [0, 0.1) is 19.8 Å². The van der Waals surface area contributed by atoms with E-state index in [1.54, 1.807) is 25.2 Å². The van der Waals surface area contributed by atoms with Gasteiger partial charge in [0.25, 0.3) is 0 Å². The summed E-state index contributed by atoms with van der Waals surface area (Å²) in [5, 5.41) is 11.6. The first-order valence-electron chi connectivity index (χ1n) is 6.89. The summed E-state index contributed by atoms with van der Waals surface area (Å²) in [6.07, 6.45) is 1.97. The Morgan fingerprint density at radius 1 is 1.35 bits per heavy atom. The van der Waals surface area contributed by atoms with E-state index in [0.717, 1.165) is 12.8 Å². The minimum absolute atomic E-state index is 0.113. The standard InChI is InChI=1S/C15H23NO3S/c1-9(2)14(15(18)19)16-13(17)7-5-6-12-8-10(3)20-11(12)4/h8-9,14H,5-7H2,1-4H3,(H,16,17)(H,18,19)/t14-/m1/s1. The smallest absolute Gasteiger partial charge is 0.326 e. The number of rotatable bonds is 7. The van der Waals surface area contributed by atoms with Gasteiger partial charge in [0.05, 0.1) is 0 Å². The summed E-state index contributed by atoms with van der Waals surface area (Å²) in [5.74, 6) is -1.27. The first-order valence-corrected chi connectivity index (χ1v) is 7.71. The number of carboxylic acid groups (broad SMARTS) is 1. The van der Waals surface area contributed by atoms with Gasteiger partial charge in [0, 0.05) is 16.2 Å². The predicted molar refractivity (Wildman–Crippen MR) is 81.1 cm³/mol. The lowest BCUT2D eigenvalue weighted by Crippen LogP contribution is -2.44. The molecule has 20 heavy (non-hydrogen) atoms. The van der Waals surface area contributed by atoms with Crippen molar-refractivity contribution in [2.45, 2.75) is 53.0 Å². The molecule has 0 unspecified atom stereocenters. The van der Waals surface area contributed by atoms with Crippen molar-refractivity contribution in [3.8, 4) is 0 Å². The van der Waals surface area contributed by atoms with E-state index in [1.807, 2.05) is 0 Å². The normalized spacial score (nSPS) is 12.4. The molecule has 1 rings (SSSR count). The maximum atomic E-state index is 11.8. The van der Waals surface area contributed by atoms with Gasteiger partial charge in [-0.15, -0.1) is 11.3 Å². The summed E-state index contributed by atoms with van der Waals surface area (Å²) in [5.41, 5.74) is 1.29. The van der Waals surface area contributed by atoms with Gasteiger partial charge < -0.3 is 10.4 Å². The van der Waals surface area contributed by atoms with E-state index < -0.39 is 12.0 Å². The molecule has 4 nitrogen and oxygen atoms in total. The van der Waals surface area contributed by atoms with Crippen LogP contribution in [-0.2, 0) is 16.0 Å². The minimum Gasteiger partial charge on any atom is -0.480 e. The number of carbonyl (C=O) groups is 2. The number of nitrogens with one attached hydrogen (secondary N) is 1. The summed E-state index contributed by atoms with van der Waals surface area (Å²) >= 11 is 1.77. The molecule has 0 saturated heterocycles. The van der Waals surface area contributed by atoms with E-state index >= 15 is 0 Å². The fraction of sp³-hybridized carbons (Fsp3) is 0.600. The monoisotopic (exact) mass is 297 g/mol. The summed E-state index contributed by atoms with van der Waals surface area (Å²) in [6, 6.07) is 1.36. The van der Waals surface area contributed by atoms with E-state index in [2.05, 4.69) is 25.2 Å². The predicted octanol–water partition coefficient (Wildman–Crippen LogP) is 2.91. The van der Waals surface area contributed by atoms with Crippen LogP contribution in [0.2, 0.25) is 0 Å². The zero-order chi connectivity index (χ0) is 15.3. The summed E-state index contributed by atoms with van der Waals surface area (Å²) in [7, 11) is 0. The number of aryl methyl sites for hydroxylation is 3. The van der Waals surface area contributed by atoms with Crippen molar-refractivity contribution in [2.75, 3.05) is 0 Å². The zero-order valence-electron chi connectivity index (χ0n) is 12.5. The molecule has 0 bridgehead atoms. The van der Waals surface area contributed by atoms with Crippen molar-refractivity contribution in [1.82, 2.24) is 5.32 Å². The molecule has 2 N–H and O–H groups in total. The molecule has 1 aromatic heterocycles. The van der Waals surface area contributed by atoms with Gasteiger partial charge in [-0.25, -0.2) is 4.79 Å². The molecule has 0 saturated carbocycles. The molecule has 0 fully saturated rings. The Bertz CT molecular complexity index is 479. The summed E-state index contributed by atoms with van der Waals surface area (Å²) in [6.45, 7) is 7.74. The second-order valence-electron chi connectivity index (χ2n) is 5.42. The highest BCUT2D eigenvalue weighted by atomic mass is 32.1. The highest BCUT2D eigenvalue weighted by Crippen LogP contribution is 2.22. The van der Waals surface area contributed by atoms with Crippen LogP contribution in [-0.4, -0.2) is 23.0 Å². The van der Waals surface area contributed by atoms with Crippen molar-refractivity contribution >= 4 is 23.2 Å². The average molecular weight is 297 g/mol. The van der Waals surface area contributed by atoms with E-state index in [4.69, 9.17) is 5.11 Å². The minimum atomic E-state index is -0.974. The van der Waals surface area contributed by atoms with Crippen molar-refractivity contribution < 1.29 is 14.7 Å². The van der Waals surface area contributed by atoms with Crippen LogP contribution in [0.25, 0.3) is 0 Å². The largest absolute Gasteiger partial charge is 0.480 e. The molecule has 1 aromatic rings. The van der Waals surface area contributed by atoms with Gasteiger partial charge in [-0.1, -0.05) is 13.8 Å². The zero-order valence-corrected chi connectivity index (χ0v) is 13.3. The molecule has 5 heteroatoms. The molecule has 0 aliphatic carbocycles. The molecule has 0 aromatic carbocycles. The van der Waals surface area contributed by atoms with Gasteiger partial charge >= 0.3 is 5.97 Å². The number of amides is 1. The molecular formula is C15H23NO3S. The van der Waals surface area contributed by atoms with E-state index in [0.29, 0.717) is 6.42 Å². The molecule has 0 radical (unpaired) electrons. The molecule has 1 atom stereocenters. The van der Waals surface area contributed by atoms with Crippen LogP contribution in [0.15, 0.2) is 6.07 Å². The maximum absolute atomic E-state index is 11.8. The van der Waals surface area contributed by atoms with Gasteiger partial charge in [0.2, 0.25) is 5.91 Å². The Kier molecular flexibility index (Phi) is 6.20. The number of carboxylic acids is 1. The lowest BCUT2D eigenvalue weighted by Gasteiger charge is -2.17. The van der Waals surface area contributed by atoms with Gasteiger partial charge in [-0.05, 0) is 44.2 Å². The van der Waals surface area contributed by atoms with Crippen LogP contribution < -0.4 is 5.32 Å². The molecular weight excluding hydrogens is 274 g/mol. The van der Waals surface area contributed by atoms with Gasteiger partial charge in [0.15, 0.2) is 0 Å². The van der Waals surface area contributed by atoms with Gasteiger partial charge in [0.1, 0.15) is 6.04 Å². The number of carbonyl (C=O) groups excluding carboxylic acids is 1. The van der Waals surface area contributed by atoms with Crippen LogP contribution in [0.4, 0.5) is 0 Å². The second-order valence-corrected chi connectivity index (χ2v) is 6.88. The van der Waals surface area contributed by atoms with Crippen molar-refractivity contribution in [3.05, 3.63) is 21.4 Å². The number of hydrogen-bond donors (Lipinski definition) is 2. The Morgan fingerprint density at radius 2 is 2.00 bits per heavy atom. The Balaban J connectivity index is 2.40. The first kappa shape index (κ1) is 16.7. The molecule has 0 aliphatic heterocycles. The quantitative estimate of drug-likeness (QED) is 0.813. The van der Waals surface area contributed by atoms with Crippen molar-refractivity contribution in [2.24, 2.45) is 5.92 Å². The fourth-order valence-corrected chi connectivity index (χ4v) is 3.11. The van der Waals surface area contributed by atoms with Gasteiger partial charge in [-0.2, -0.15) is 0 Å². The van der Waals surface area contributed by atoms with E-state index in [1.165, 1.54) is 15.3 Å². The Hall–Kier alpha value is -1.36. The number of aliphatic carboxylic acids is 1. The molecule has 1 heterocycles. The highest BCUT2D eigenvalue weighted by molar-refractivity contribution is 7.12. The second kappa shape index (κ2) is 7.43. The van der Waals surface area contributed by atoms with Crippen LogP contribution in [0.5, 0.6) is 0 Å². The summed E-state index contributed by atoms with van der Waals surface area (Å²) in [4.78, 5) is 25.4. The van der Waals surface area contributed by atoms with Crippen molar-refractivity contribution in [3.63, 3.8) is 0 Å². The van der Waals surface area contributed by atoms with Crippen molar-refractivity contribution in [1.29, 1.82) is 0 Å². The third-order valence-corrected chi connectivity index (χ3v) is 4.25. The third kappa shape index (κ3) is 4.96. The average Bonchev–Trinajstić information content (AvgIpc) is 2.64. The van der Waals surface area contributed by atoms with Crippen LogP contribution >= 0.6 is 11.3 Å². The first-order chi connectivity index (χ1) is 9.31. The van der Waals surface area contributed by atoms with Crippen LogP contribution in [0.1, 0.15) is 42.0 Å². The van der Waals surface area contributed by atoms with Crippen LogP contribution in [0.3, 0.4) is 0 Å². The lowest BCUT2D eigenvalue weighted by molar-refractivity contribution is -0.143. The third-order valence-electron chi connectivity index (χ3n) is 3.24. The number of thiophene rings is 1. The molecule has 0 aliphatic rings. The SMILES string of the molecule is Cc1cc(CCCC(=O)N[C@@H](C(=O)O)C(C)C)c(C)s1. The van der Waals surface area contributed by atoms with E-state index in [9.17, 15) is 9.59 Å². The van der Waals surface area contributed by atoms with Gasteiger partial charge in [-0.3, -0.25) is 4.79 Å². The molecule has 1 amide bonds. The summed E-state index contributed by atoms with van der Waals surface area (Å²) < 4.78 is 0. The topological polar surface area (TPSA) is 66.4 Å². The lowest BCUT2D eigenvalue weighted by atomic mass is 10.0.